The molecule has 0 N–H and O–H groups in total. The van der Waals surface area contributed by atoms with Gasteiger partial charge in [0.2, 0.25) is 0 Å². The van der Waals surface area contributed by atoms with E-state index < -0.39 is 5.97 Å². The third-order valence-corrected chi connectivity index (χ3v) is 2.79. The molecule has 1 aromatic carbocycles. The summed E-state index contributed by atoms with van der Waals surface area (Å²) in [6.07, 6.45) is 3.07. The van der Waals surface area contributed by atoms with Crippen LogP contribution < -0.4 is 9.47 Å². The van der Waals surface area contributed by atoms with E-state index in [4.69, 9.17) is 14.2 Å². The third-order valence-electron chi connectivity index (χ3n) is 2.79. The van der Waals surface area contributed by atoms with E-state index in [-0.39, 0.29) is 6.61 Å². The predicted octanol–water partition coefficient (Wildman–Crippen LogP) is 1.79. The first kappa shape index (κ1) is 13.9. The molecule has 0 saturated heterocycles. The van der Waals surface area contributed by atoms with Gasteiger partial charge in [0, 0.05) is 18.8 Å². The van der Waals surface area contributed by atoms with Gasteiger partial charge in [-0.25, -0.2) is 4.79 Å². The lowest BCUT2D eigenvalue weighted by Gasteiger charge is -2.10. The molecule has 2 rings (SSSR count). The Hall–Kier alpha value is -2.50. The van der Waals surface area contributed by atoms with Crippen LogP contribution in [0, 0.1) is 0 Å². The summed E-state index contributed by atoms with van der Waals surface area (Å²) < 4.78 is 17.1. The van der Waals surface area contributed by atoms with Gasteiger partial charge in [-0.2, -0.15) is 5.10 Å². The molecule has 0 radical (unpaired) electrons. The average molecular weight is 276 g/mol. The van der Waals surface area contributed by atoms with Crippen molar-refractivity contribution in [3.8, 4) is 11.5 Å². The molecule has 0 aliphatic carbocycles. The number of benzene rings is 1. The standard InChI is InChI=1S/C14H16N2O4/c1-16-8-11(7-15-16)14(17)20-9-10-6-12(18-2)4-5-13(10)19-3/h4-8H,9H2,1-3H3. The Balaban J connectivity index is 2.08. The zero-order chi connectivity index (χ0) is 14.5. The lowest BCUT2D eigenvalue weighted by Crippen LogP contribution is -2.05. The Bertz CT molecular complexity index is 607. The van der Waals surface area contributed by atoms with Crippen molar-refractivity contribution in [3.05, 3.63) is 41.7 Å². The van der Waals surface area contributed by atoms with Crippen LogP contribution >= 0.6 is 0 Å². The van der Waals surface area contributed by atoms with Crippen LogP contribution in [0.1, 0.15) is 15.9 Å². The Morgan fingerprint density at radius 3 is 2.70 bits per heavy atom. The smallest absolute Gasteiger partial charge is 0.341 e. The highest BCUT2D eigenvalue weighted by Gasteiger charge is 2.12. The maximum atomic E-state index is 11.8. The lowest BCUT2D eigenvalue weighted by atomic mass is 10.2. The maximum absolute atomic E-state index is 11.8. The second-order valence-corrected chi connectivity index (χ2v) is 4.16. The Morgan fingerprint density at radius 1 is 1.30 bits per heavy atom. The summed E-state index contributed by atoms with van der Waals surface area (Å²) in [6, 6.07) is 5.33. The van der Waals surface area contributed by atoms with Crippen LogP contribution in [0.3, 0.4) is 0 Å². The van der Waals surface area contributed by atoms with Gasteiger partial charge in [0.15, 0.2) is 0 Å². The van der Waals surface area contributed by atoms with Crippen LogP contribution in [-0.4, -0.2) is 30.0 Å². The van der Waals surface area contributed by atoms with Crippen molar-refractivity contribution in [3.63, 3.8) is 0 Å². The molecule has 0 saturated carbocycles. The van der Waals surface area contributed by atoms with Gasteiger partial charge in [-0.15, -0.1) is 0 Å². The van der Waals surface area contributed by atoms with Crippen molar-refractivity contribution in [2.24, 2.45) is 7.05 Å². The Morgan fingerprint density at radius 2 is 2.10 bits per heavy atom. The molecular weight excluding hydrogens is 260 g/mol. The molecule has 0 amide bonds. The molecule has 1 aromatic heterocycles. The number of methoxy groups -OCH3 is 2. The zero-order valence-corrected chi connectivity index (χ0v) is 11.6. The summed E-state index contributed by atoms with van der Waals surface area (Å²) in [6.45, 7) is 0.105. The minimum Gasteiger partial charge on any atom is -0.497 e. The third kappa shape index (κ3) is 3.09. The van der Waals surface area contributed by atoms with Crippen LogP contribution in [0.4, 0.5) is 0 Å². The second-order valence-electron chi connectivity index (χ2n) is 4.16. The lowest BCUT2D eigenvalue weighted by molar-refractivity contribution is 0.0470. The fourth-order valence-corrected chi connectivity index (χ4v) is 1.75. The van der Waals surface area contributed by atoms with Crippen molar-refractivity contribution >= 4 is 5.97 Å². The number of esters is 1. The van der Waals surface area contributed by atoms with E-state index in [1.54, 1.807) is 50.3 Å². The fourth-order valence-electron chi connectivity index (χ4n) is 1.75. The average Bonchev–Trinajstić information content (AvgIpc) is 2.91. The quantitative estimate of drug-likeness (QED) is 0.779. The van der Waals surface area contributed by atoms with E-state index in [9.17, 15) is 4.79 Å². The Kier molecular flexibility index (Phi) is 4.24. The number of rotatable bonds is 5. The SMILES string of the molecule is COc1ccc(OC)c(COC(=O)c2cnn(C)c2)c1. The van der Waals surface area contributed by atoms with Crippen LogP contribution in [-0.2, 0) is 18.4 Å². The second kappa shape index (κ2) is 6.10. The molecule has 0 aliphatic heterocycles. The molecule has 0 spiro atoms. The minimum absolute atomic E-state index is 0.105. The number of hydrogen-bond acceptors (Lipinski definition) is 5. The highest BCUT2D eigenvalue weighted by Crippen LogP contribution is 2.24. The molecule has 2 aromatic rings. The van der Waals surface area contributed by atoms with Crippen molar-refractivity contribution in [2.75, 3.05) is 14.2 Å². The topological polar surface area (TPSA) is 62.6 Å². The van der Waals surface area contributed by atoms with Crippen molar-refractivity contribution < 1.29 is 19.0 Å². The first-order valence-corrected chi connectivity index (χ1v) is 6.00. The summed E-state index contributed by atoms with van der Waals surface area (Å²) in [5.74, 6) is 0.894. The van der Waals surface area contributed by atoms with Crippen molar-refractivity contribution in [2.45, 2.75) is 6.61 Å². The Labute approximate surface area is 116 Å². The van der Waals surface area contributed by atoms with Gasteiger partial charge >= 0.3 is 5.97 Å². The van der Waals surface area contributed by atoms with E-state index in [0.717, 1.165) is 5.56 Å². The molecule has 20 heavy (non-hydrogen) atoms. The van der Waals surface area contributed by atoms with Crippen molar-refractivity contribution in [1.82, 2.24) is 9.78 Å². The minimum atomic E-state index is -0.428. The van der Waals surface area contributed by atoms with Gasteiger partial charge < -0.3 is 14.2 Å². The molecular formula is C14H16N2O4. The summed E-state index contributed by atoms with van der Waals surface area (Å²) >= 11 is 0. The highest BCUT2D eigenvalue weighted by atomic mass is 16.5. The van der Waals surface area contributed by atoms with E-state index in [0.29, 0.717) is 17.1 Å². The molecule has 1 heterocycles. The molecule has 0 fully saturated rings. The highest BCUT2D eigenvalue weighted by molar-refractivity contribution is 5.88. The molecule has 6 nitrogen and oxygen atoms in total. The monoisotopic (exact) mass is 276 g/mol. The summed E-state index contributed by atoms with van der Waals surface area (Å²) in [7, 11) is 4.88. The maximum Gasteiger partial charge on any atom is 0.341 e. The van der Waals surface area contributed by atoms with Gasteiger partial charge in [0.25, 0.3) is 0 Å². The van der Waals surface area contributed by atoms with E-state index in [2.05, 4.69) is 5.10 Å². The van der Waals surface area contributed by atoms with Gasteiger partial charge in [-0.3, -0.25) is 4.68 Å². The van der Waals surface area contributed by atoms with Crippen molar-refractivity contribution in [1.29, 1.82) is 0 Å². The molecule has 0 atom stereocenters. The van der Waals surface area contributed by atoms with Crippen LogP contribution in [0.5, 0.6) is 11.5 Å². The number of nitrogens with zero attached hydrogens (tertiary/aromatic N) is 2. The zero-order valence-electron chi connectivity index (χ0n) is 11.6. The number of aryl methyl sites for hydroxylation is 1. The normalized spacial score (nSPS) is 10.2. The number of aromatic nitrogens is 2. The molecule has 0 unspecified atom stereocenters. The molecule has 0 bridgehead atoms. The predicted molar refractivity (Wildman–Crippen MR) is 71.9 cm³/mol. The largest absolute Gasteiger partial charge is 0.497 e. The molecule has 6 heteroatoms. The summed E-state index contributed by atoms with van der Waals surface area (Å²) in [5.41, 5.74) is 1.15. The number of hydrogen-bond donors (Lipinski definition) is 0. The van der Waals surface area contributed by atoms with Crippen LogP contribution in [0.15, 0.2) is 30.6 Å². The van der Waals surface area contributed by atoms with E-state index >= 15 is 0 Å². The van der Waals surface area contributed by atoms with Gasteiger partial charge in [0.1, 0.15) is 18.1 Å². The first-order valence-electron chi connectivity index (χ1n) is 6.00. The first-order chi connectivity index (χ1) is 9.63. The van der Waals surface area contributed by atoms with Gasteiger partial charge in [-0.05, 0) is 18.2 Å². The van der Waals surface area contributed by atoms with E-state index in [1.165, 1.54) is 6.20 Å². The number of carbonyl (C=O) groups excluding carboxylic acids is 1. The molecule has 0 aliphatic rings. The van der Waals surface area contributed by atoms with Gasteiger partial charge in [0.05, 0.1) is 26.0 Å². The summed E-state index contributed by atoms with van der Waals surface area (Å²) in [4.78, 5) is 11.8. The summed E-state index contributed by atoms with van der Waals surface area (Å²) in [5, 5.41) is 3.92. The van der Waals surface area contributed by atoms with Crippen LogP contribution in [0.25, 0.3) is 0 Å². The van der Waals surface area contributed by atoms with Crippen LogP contribution in [0.2, 0.25) is 0 Å². The fraction of sp³-hybridized carbons (Fsp3) is 0.286. The number of ether oxygens (including phenoxy) is 3. The van der Waals surface area contributed by atoms with Gasteiger partial charge in [-0.1, -0.05) is 0 Å². The molecule has 106 valence electrons. The number of carbonyl (C=O) groups is 1. The van der Waals surface area contributed by atoms with E-state index in [1.807, 2.05) is 0 Å².